The Hall–Kier alpha value is -3.95. The summed E-state index contributed by atoms with van der Waals surface area (Å²) < 4.78 is 19.0. The van der Waals surface area contributed by atoms with E-state index in [1.807, 2.05) is 42.5 Å². The van der Waals surface area contributed by atoms with Gasteiger partial charge in [0.1, 0.15) is 11.6 Å². The van der Waals surface area contributed by atoms with Crippen molar-refractivity contribution in [3.05, 3.63) is 101 Å². The summed E-state index contributed by atoms with van der Waals surface area (Å²) in [6.45, 7) is 10.5. The number of aromatic hydroxyl groups is 1. The minimum atomic E-state index is -0.343. The van der Waals surface area contributed by atoms with Crippen LogP contribution in [0.25, 0.3) is 0 Å². The standard InChI is InChI=1S/C34H41FN4O4/c1-4-43-34(42)37-16-14-36(15-17-37)33(41)29-11-6-9-27(19-29)32(28-10-7-13-31(40)20-28)39-22-24(2)38(21-25(39)3)23-26-8-5-12-30(35)18-26/h5-13,18-20,24-25,32,40H,4,14-17,21-23H2,1-3H3/t24-,25+,32?/m1/s1. The van der Waals surface area contributed by atoms with Gasteiger partial charge in [0.2, 0.25) is 0 Å². The quantitative estimate of drug-likeness (QED) is 0.413. The molecule has 9 heteroatoms. The van der Waals surface area contributed by atoms with Gasteiger partial charge in [-0.25, -0.2) is 9.18 Å². The second kappa shape index (κ2) is 13.6. The van der Waals surface area contributed by atoms with Gasteiger partial charge in [-0.2, -0.15) is 0 Å². The number of halogens is 1. The molecule has 8 nitrogen and oxygen atoms in total. The first-order valence-electron chi connectivity index (χ1n) is 15.1. The molecule has 2 heterocycles. The maximum absolute atomic E-state index is 13.9. The number of carbonyl (C=O) groups is 2. The van der Waals surface area contributed by atoms with Crippen molar-refractivity contribution in [2.75, 3.05) is 45.9 Å². The number of phenols is 1. The van der Waals surface area contributed by atoms with E-state index in [2.05, 4.69) is 23.6 Å². The summed E-state index contributed by atoms with van der Waals surface area (Å²) in [6.07, 6.45) is -0.343. The van der Waals surface area contributed by atoms with Gasteiger partial charge in [0.25, 0.3) is 5.91 Å². The molecule has 3 aromatic rings. The molecule has 228 valence electrons. The Morgan fingerprint density at radius 1 is 0.884 bits per heavy atom. The number of amides is 2. The molecule has 0 bridgehead atoms. The molecule has 3 aromatic carbocycles. The van der Waals surface area contributed by atoms with Crippen LogP contribution in [0.4, 0.5) is 9.18 Å². The molecule has 0 saturated carbocycles. The van der Waals surface area contributed by atoms with E-state index in [4.69, 9.17) is 4.74 Å². The molecule has 2 aliphatic heterocycles. The van der Waals surface area contributed by atoms with Crippen molar-refractivity contribution in [1.82, 2.24) is 19.6 Å². The minimum absolute atomic E-state index is 0.0682. The van der Waals surface area contributed by atoms with Crippen molar-refractivity contribution < 1.29 is 23.8 Å². The number of nitrogens with zero attached hydrogens (tertiary/aromatic N) is 4. The molecule has 43 heavy (non-hydrogen) atoms. The van der Waals surface area contributed by atoms with Crippen LogP contribution < -0.4 is 0 Å². The summed E-state index contributed by atoms with van der Waals surface area (Å²) in [5, 5.41) is 10.4. The summed E-state index contributed by atoms with van der Waals surface area (Å²) in [5.41, 5.74) is 3.47. The average molecular weight is 589 g/mol. The summed E-state index contributed by atoms with van der Waals surface area (Å²) >= 11 is 0. The number of benzene rings is 3. The van der Waals surface area contributed by atoms with E-state index >= 15 is 0 Å². The number of ether oxygens (including phenoxy) is 1. The van der Waals surface area contributed by atoms with Gasteiger partial charge in [-0.1, -0.05) is 36.4 Å². The van der Waals surface area contributed by atoms with Gasteiger partial charge in [-0.05, 0) is 73.9 Å². The Bertz CT molecular complexity index is 1430. The average Bonchev–Trinajstić information content (AvgIpc) is 3.00. The van der Waals surface area contributed by atoms with Gasteiger partial charge in [0.15, 0.2) is 0 Å². The third-order valence-corrected chi connectivity index (χ3v) is 8.50. The van der Waals surface area contributed by atoms with Crippen molar-refractivity contribution in [3.8, 4) is 5.75 Å². The number of piperazine rings is 2. The lowest BCUT2D eigenvalue weighted by atomic mass is 9.92. The van der Waals surface area contributed by atoms with Crippen molar-refractivity contribution in [2.24, 2.45) is 0 Å². The first-order chi connectivity index (χ1) is 20.7. The van der Waals surface area contributed by atoms with Crippen LogP contribution in [0.15, 0.2) is 72.8 Å². The molecule has 2 aliphatic rings. The van der Waals surface area contributed by atoms with E-state index in [0.29, 0.717) is 44.9 Å². The van der Waals surface area contributed by atoms with Gasteiger partial charge in [0, 0.05) is 63.5 Å². The van der Waals surface area contributed by atoms with E-state index in [1.165, 1.54) is 6.07 Å². The van der Waals surface area contributed by atoms with Crippen molar-refractivity contribution in [1.29, 1.82) is 0 Å². The molecular formula is C34H41FN4O4. The van der Waals surface area contributed by atoms with E-state index in [9.17, 15) is 19.1 Å². The smallest absolute Gasteiger partial charge is 0.409 e. The molecule has 0 aliphatic carbocycles. The second-order valence-corrected chi connectivity index (χ2v) is 11.6. The number of rotatable bonds is 7. The molecule has 2 fully saturated rings. The third kappa shape index (κ3) is 7.17. The summed E-state index contributed by atoms with van der Waals surface area (Å²) in [4.78, 5) is 33.9. The van der Waals surface area contributed by atoms with Crippen molar-refractivity contribution >= 4 is 12.0 Å². The Labute approximate surface area is 253 Å². The van der Waals surface area contributed by atoms with Crippen LogP contribution in [0, 0.1) is 5.82 Å². The van der Waals surface area contributed by atoms with Gasteiger partial charge in [-0.15, -0.1) is 0 Å². The maximum atomic E-state index is 13.9. The van der Waals surface area contributed by atoms with Gasteiger partial charge in [0.05, 0.1) is 12.6 Å². The monoisotopic (exact) mass is 588 g/mol. The highest BCUT2D eigenvalue weighted by Crippen LogP contribution is 2.35. The zero-order valence-electron chi connectivity index (χ0n) is 25.2. The number of hydrogen-bond donors (Lipinski definition) is 1. The molecule has 2 saturated heterocycles. The molecule has 5 rings (SSSR count). The molecule has 3 atom stereocenters. The highest BCUT2D eigenvalue weighted by Gasteiger charge is 2.35. The van der Waals surface area contributed by atoms with Crippen LogP contribution in [0.2, 0.25) is 0 Å². The number of phenolic OH excluding ortho intramolecular Hbond substituents is 1. The Morgan fingerprint density at radius 3 is 2.26 bits per heavy atom. The van der Waals surface area contributed by atoms with Crippen LogP contribution >= 0.6 is 0 Å². The van der Waals surface area contributed by atoms with Crippen molar-refractivity contribution in [2.45, 2.75) is 45.4 Å². The summed E-state index contributed by atoms with van der Waals surface area (Å²) in [7, 11) is 0. The van der Waals surface area contributed by atoms with Crippen LogP contribution in [0.5, 0.6) is 5.75 Å². The largest absolute Gasteiger partial charge is 0.508 e. The predicted octanol–water partition coefficient (Wildman–Crippen LogP) is 5.13. The van der Waals surface area contributed by atoms with Crippen molar-refractivity contribution in [3.63, 3.8) is 0 Å². The first-order valence-corrected chi connectivity index (χ1v) is 15.1. The van der Waals surface area contributed by atoms with E-state index in [0.717, 1.165) is 29.8 Å². The molecule has 0 spiro atoms. The third-order valence-electron chi connectivity index (χ3n) is 8.50. The second-order valence-electron chi connectivity index (χ2n) is 11.6. The van der Waals surface area contributed by atoms with Crippen LogP contribution in [-0.4, -0.2) is 94.7 Å². The highest BCUT2D eigenvalue weighted by atomic mass is 19.1. The zero-order valence-corrected chi connectivity index (χ0v) is 25.2. The lowest BCUT2D eigenvalue weighted by Crippen LogP contribution is -2.56. The zero-order chi connectivity index (χ0) is 30.5. The Balaban J connectivity index is 1.37. The van der Waals surface area contributed by atoms with E-state index < -0.39 is 0 Å². The molecule has 2 amide bonds. The molecule has 0 aromatic heterocycles. The van der Waals surface area contributed by atoms with Gasteiger partial charge < -0.3 is 19.6 Å². The Morgan fingerprint density at radius 2 is 1.56 bits per heavy atom. The van der Waals surface area contributed by atoms with E-state index in [1.54, 1.807) is 41.0 Å². The van der Waals surface area contributed by atoms with Gasteiger partial charge >= 0.3 is 6.09 Å². The fourth-order valence-electron chi connectivity index (χ4n) is 6.28. The summed E-state index contributed by atoms with van der Waals surface area (Å²) in [5.74, 6) is -0.0999. The van der Waals surface area contributed by atoms with Crippen LogP contribution in [0.1, 0.15) is 53.9 Å². The first kappa shape index (κ1) is 30.5. The fraction of sp³-hybridized carbons (Fsp3) is 0.412. The van der Waals surface area contributed by atoms with Crippen LogP contribution in [0.3, 0.4) is 0 Å². The van der Waals surface area contributed by atoms with Gasteiger partial charge in [-0.3, -0.25) is 14.6 Å². The number of hydrogen-bond acceptors (Lipinski definition) is 6. The number of carbonyl (C=O) groups excluding carboxylic acids is 2. The molecular weight excluding hydrogens is 547 g/mol. The fourth-order valence-corrected chi connectivity index (χ4v) is 6.28. The molecule has 0 radical (unpaired) electrons. The van der Waals surface area contributed by atoms with Crippen LogP contribution in [-0.2, 0) is 11.3 Å². The van der Waals surface area contributed by atoms with E-state index in [-0.39, 0.29) is 41.7 Å². The summed E-state index contributed by atoms with van der Waals surface area (Å²) in [6, 6.07) is 22.0. The normalized spacial score (nSPS) is 20.6. The maximum Gasteiger partial charge on any atom is 0.409 e. The SMILES string of the molecule is CCOC(=O)N1CCN(C(=O)c2cccc(C(c3cccc(O)c3)N3C[C@@H](C)N(Cc4cccc(F)c4)C[C@@H]3C)c2)CC1. The Kier molecular flexibility index (Phi) is 9.62. The lowest BCUT2D eigenvalue weighted by molar-refractivity contribution is 0.0194. The molecule has 1 unspecified atom stereocenters. The minimum Gasteiger partial charge on any atom is -0.508 e. The molecule has 1 N–H and O–H groups in total. The topological polar surface area (TPSA) is 76.6 Å². The highest BCUT2D eigenvalue weighted by molar-refractivity contribution is 5.94. The predicted molar refractivity (Wildman–Crippen MR) is 163 cm³/mol. The lowest BCUT2D eigenvalue weighted by Gasteiger charge is -2.47.